The smallest absolute Gasteiger partial charge is 0.273 e. The predicted octanol–water partition coefficient (Wildman–Crippen LogP) is 7.37. The summed E-state index contributed by atoms with van der Waals surface area (Å²) in [5, 5.41) is 11.8. The zero-order valence-corrected chi connectivity index (χ0v) is 23.4. The Balaban J connectivity index is 1.38. The second-order valence-electron chi connectivity index (χ2n) is 9.23. The first-order valence-corrected chi connectivity index (χ1v) is 13.7. The first-order valence-electron chi connectivity index (χ1n) is 12.9. The van der Waals surface area contributed by atoms with Crippen LogP contribution < -0.4 is 10.1 Å². The molecule has 1 N–H and O–H groups in total. The van der Waals surface area contributed by atoms with E-state index in [9.17, 15) is 4.79 Å². The standard InChI is InChI=1S/C31H29BrN4O3/c1-3-4-16-38-28-15-12-23(17-21(28)2)30-24(20-36(34-30)26-8-6-5-7-9-26)19-33-31(37)27-18-29(39-35-27)22-10-13-25(32)14-11-22/h5-15,17-18,20H,3-4,16,19H2,1-2H3,(H,33,37). The van der Waals surface area contributed by atoms with Crippen LogP contribution in [0.4, 0.5) is 0 Å². The monoisotopic (exact) mass is 584 g/mol. The molecule has 0 radical (unpaired) electrons. The number of halogens is 1. The number of para-hydroxylation sites is 1. The predicted molar refractivity (Wildman–Crippen MR) is 155 cm³/mol. The number of hydrogen-bond acceptors (Lipinski definition) is 5. The average Bonchev–Trinajstić information content (AvgIpc) is 3.62. The molecular formula is C31H29BrN4O3. The molecule has 2 heterocycles. The Morgan fingerprint density at radius 1 is 1.03 bits per heavy atom. The van der Waals surface area contributed by atoms with Crippen molar-refractivity contribution in [3.63, 3.8) is 0 Å². The molecule has 0 saturated heterocycles. The van der Waals surface area contributed by atoms with Gasteiger partial charge < -0.3 is 14.6 Å². The SMILES string of the molecule is CCCCOc1ccc(-c2nn(-c3ccccc3)cc2CNC(=O)c2cc(-c3ccc(Br)cc3)on2)cc1C. The molecule has 0 spiro atoms. The molecule has 5 aromatic rings. The first-order chi connectivity index (χ1) is 19.0. The molecule has 0 unspecified atom stereocenters. The molecule has 5 rings (SSSR count). The number of rotatable bonds is 10. The highest BCUT2D eigenvalue weighted by Gasteiger charge is 2.18. The van der Waals surface area contributed by atoms with Gasteiger partial charge in [0.2, 0.25) is 0 Å². The Labute approximate surface area is 235 Å². The van der Waals surface area contributed by atoms with E-state index in [-0.39, 0.29) is 18.1 Å². The van der Waals surface area contributed by atoms with Crippen LogP contribution >= 0.6 is 15.9 Å². The van der Waals surface area contributed by atoms with E-state index in [1.54, 1.807) is 6.07 Å². The molecule has 198 valence electrons. The van der Waals surface area contributed by atoms with Crippen molar-refractivity contribution in [3.8, 4) is 34.0 Å². The minimum Gasteiger partial charge on any atom is -0.493 e. The van der Waals surface area contributed by atoms with Crippen LogP contribution in [0.3, 0.4) is 0 Å². The van der Waals surface area contributed by atoms with Crippen molar-refractivity contribution >= 4 is 21.8 Å². The molecule has 39 heavy (non-hydrogen) atoms. The van der Waals surface area contributed by atoms with E-state index >= 15 is 0 Å². The molecule has 0 saturated carbocycles. The van der Waals surface area contributed by atoms with Crippen LogP contribution in [-0.2, 0) is 6.54 Å². The van der Waals surface area contributed by atoms with Gasteiger partial charge in [-0.2, -0.15) is 5.10 Å². The molecule has 1 amide bonds. The Morgan fingerprint density at radius 3 is 2.54 bits per heavy atom. The summed E-state index contributed by atoms with van der Waals surface area (Å²) in [5.74, 6) is 1.08. The van der Waals surface area contributed by atoms with E-state index in [1.807, 2.05) is 84.5 Å². The van der Waals surface area contributed by atoms with Gasteiger partial charge in [-0.05, 0) is 61.4 Å². The van der Waals surface area contributed by atoms with Gasteiger partial charge in [-0.25, -0.2) is 4.68 Å². The minimum atomic E-state index is -0.323. The number of aromatic nitrogens is 3. The van der Waals surface area contributed by atoms with Gasteiger partial charge in [-0.3, -0.25) is 4.79 Å². The molecule has 2 aromatic heterocycles. The molecule has 0 aliphatic rings. The zero-order chi connectivity index (χ0) is 27.2. The third kappa shape index (κ3) is 6.29. The van der Waals surface area contributed by atoms with Crippen molar-refractivity contribution < 1.29 is 14.1 Å². The van der Waals surface area contributed by atoms with Gasteiger partial charge in [-0.15, -0.1) is 0 Å². The van der Waals surface area contributed by atoms with Crippen LogP contribution in [0.1, 0.15) is 41.4 Å². The summed E-state index contributed by atoms with van der Waals surface area (Å²) in [6, 6.07) is 25.2. The summed E-state index contributed by atoms with van der Waals surface area (Å²) in [6.07, 6.45) is 4.05. The fraction of sp³-hybridized carbons (Fsp3) is 0.194. The van der Waals surface area contributed by atoms with Crippen LogP contribution in [0.5, 0.6) is 5.75 Å². The number of unbranched alkanes of at least 4 members (excludes halogenated alkanes) is 1. The lowest BCUT2D eigenvalue weighted by atomic mass is 10.0. The molecule has 0 aliphatic heterocycles. The number of aryl methyl sites for hydroxylation is 1. The van der Waals surface area contributed by atoms with Crippen molar-refractivity contribution in [3.05, 3.63) is 106 Å². The summed E-state index contributed by atoms with van der Waals surface area (Å²) in [6.45, 7) is 5.15. The highest BCUT2D eigenvalue weighted by Crippen LogP contribution is 2.29. The zero-order valence-electron chi connectivity index (χ0n) is 21.9. The molecular weight excluding hydrogens is 556 g/mol. The van der Waals surface area contributed by atoms with E-state index in [0.717, 1.165) is 56.7 Å². The maximum absolute atomic E-state index is 13.0. The van der Waals surface area contributed by atoms with Crippen molar-refractivity contribution in [2.45, 2.75) is 33.2 Å². The topological polar surface area (TPSA) is 82.2 Å². The summed E-state index contributed by atoms with van der Waals surface area (Å²) < 4.78 is 14.2. The van der Waals surface area contributed by atoms with Crippen LogP contribution in [0.25, 0.3) is 28.3 Å². The fourth-order valence-electron chi connectivity index (χ4n) is 4.18. The van der Waals surface area contributed by atoms with Crippen LogP contribution in [0.15, 0.2) is 94.1 Å². The third-order valence-electron chi connectivity index (χ3n) is 6.33. The number of carbonyl (C=O) groups is 1. The van der Waals surface area contributed by atoms with Gasteiger partial charge in [0.25, 0.3) is 5.91 Å². The lowest BCUT2D eigenvalue weighted by molar-refractivity contribution is 0.0942. The Morgan fingerprint density at radius 2 is 1.79 bits per heavy atom. The number of ether oxygens (including phenoxy) is 1. The summed E-state index contributed by atoms with van der Waals surface area (Å²) in [5.41, 5.74) is 5.65. The second kappa shape index (κ2) is 12.1. The first kappa shape index (κ1) is 26.4. The lowest BCUT2D eigenvalue weighted by Gasteiger charge is -2.10. The highest BCUT2D eigenvalue weighted by molar-refractivity contribution is 9.10. The molecule has 3 aromatic carbocycles. The largest absolute Gasteiger partial charge is 0.493 e. The molecule has 7 nitrogen and oxygen atoms in total. The number of carbonyl (C=O) groups excluding carboxylic acids is 1. The summed E-state index contributed by atoms with van der Waals surface area (Å²) in [7, 11) is 0. The maximum atomic E-state index is 13.0. The van der Waals surface area contributed by atoms with E-state index in [4.69, 9.17) is 14.4 Å². The van der Waals surface area contributed by atoms with Crippen molar-refractivity contribution in [2.24, 2.45) is 0 Å². The number of benzene rings is 3. The Hall–Kier alpha value is -4.17. The quantitative estimate of drug-likeness (QED) is 0.173. The van der Waals surface area contributed by atoms with Gasteiger partial charge in [0.15, 0.2) is 11.5 Å². The van der Waals surface area contributed by atoms with E-state index < -0.39 is 0 Å². The Kier molecular flexibility index (Phi) is 8.22. The lowest BCUT2D eigenvalue weighted by Crippen LogP contribution is -2.23. The second-order valence-corrected chi connectivity index (χ2v) is 10.1. The number of nitrogens with zero attached hydrogens (tertiary/aromatic N) is 3. The number of nitrogens with one attached hydrogen (secondary N) is 1. The number of amides is 1. The van der Waals surface area contributed by atoms with Gasteiger partial charge >= 0.3 is 0 Å². The van der Waals surface area contributed by atoms with Gasteiger partial charge in [-0.1, -0.05) is 64.8 Å². The van der Waals surface area contributed by atoms with E-state index in [2.05, 4.69) is 39.4 Å². The van der Waals surface area contributed by atoms with Crippen molar-refractivity contribution in [1.29, 1.82) is 0 Å². The van der Waals surface area contributed by atoms with Crippen molar-refractivity contribution in [1.82, 2.24) is 20.3 Å². The van der Waals surface area contributed by atoms with Gasteiger partial charge in [0, 0.05) is 40.0 Å². The molecule has 0 bridgehead atoms. The maximum Gasteiger partial charge on any atom is 0.273 e. The van der Waals surface area contributed by atoms with E-state index in [1.165, 1.54) is 0 Å². The summed E-state index contributed by atoms with van der Waals surface area (Å²) in [4.78, 5) is 13.0. The number of hydrogen-bond donors (Lipinski definition) is 1. The fourth-order valence-corrected chi connectivity index (χ4v) is 4.44. The van der Waals surface area contributed by atoms with Gasteiger partial charge in [0.05, 0.1) is 18.0 Å². The Bertz CT molecular complexity index is 1560. The molecule has 0 fully saturated rings. The van der Waals surface area contributed by atoms with Gasteiger partial charge in [0.1, 0.15) is 5.75 Å². The third-order valence-corrected chi connectivity index (χ3v) is 6.85. The van der Waals surface area contributed by atoms with Crippen molar-refractivity contribution in [2.75, 3.05) is 6.61 Å². The average molecular weight is 586 g/mol. The van der Waals surface area contributed by atoms with Crippen LogP contribution in [0, 0.1) is 6.92 Å². The molecule has 0 aliphatic carbocycles. The minimum absolute atomic E-state index is 0.217. The summed E-state index contributed by atoms with van der Waals surface area (Å²) >= 11 is 3.42. The normalized spacial score (nSPS) is 10.9. The highest BCUT2D eigenvalue weighted by atomic mass is 79.9. The van der Waals surface area contributed by atoms with Crippen LogP contribution in [0.2, 0.25) is 0 Å². The van der Waals surface area contributed by atoms with Crippen LogP contribution in [-0.4, -0.2) is 27.5 Å². The molecule has 8 heteroatoms. The molecule has 0 atom stereocenters. The van der Waals surface area contributed by atoms with E-state index in [0.29, 0.717) is 12.4 Å².